The van der Waals surface area contributed by atoms with Crippen molar-refractivity contribution in [3.8, 4) is 11.3 Å². The van der Waals surface area contributed by atoms with Crippen molar-refractivity contribution in [2.45, 2.75) is 57.0 Å². The highest BCUT2D eigenvalue weighted by atomic mass is 79.9. The molecular formula is C35H44Br2FN7O3. The number of halogens is 3. The molecule has 2 aromatic carbocycles. The highest BCUT2D eigenvalue weighted by Crippen LogP contribution is 2.33. The number of imidazole rings is 1. The van der Waals surface area contributed by atoms with Crippen molar-refractivity contribution in [1.29, 1.82) is 0 Å². The van der Waals surface area contributed by atoms with Crippen LogP contribution >= 0.6 is 31.9 Å². The molecular weight excluding hydrogens is 745 g/mol. The number of hydrogen-bond acceptors (Lipinski definition) is 5. The number of nitrogens with one attached hydrogen (secondary N) is 2. The molecule has 1 aromatic heterocycles. The first-order valence-corrected chi connectivity index (χ1v) is 18.5. The number of benzene rings is 2. The Hall–Kier alpha value is -3.16. The number of urea groups is 1. The lowest BCUT2D eigenvalue weighted by Crippen LogP contribution is -2.55. The number of rotatable bonds is 7. The molecule has 4 N–H and O–H groups in total. The number of likely N-dealkylation sites (tertiary alicyclic amines) is 3. The van der Waals surface area contributed by atoms with Crippen molar-refractivity contribution in [2.75, 3.05) is 52.0 Å². The maximum atomic E-state index is 14.1. The molecule has 3 saturated heterocycles. The van der Waals surface area contributed by atoms with Crippen LogP contribution in [0.2, 0.25) is 0 Å². The Morgan fingerprint density at radius 3 is 2.08 bits per heavy atom. The van der Waals surface area contributed by atoms with E-state index in [1.54, 1.807) is 27.8 Å². The number of hydrogen-bond donors (Lipinski definition) is 3. The second-order valence-corrected chi connectivity index (χ2v) is 15.3. The third-order valence-corrected chi connectivity index (χ3v) is 11.8. The summed E-state index contributed by atoms with van der Waals surface area (Å²) in [6, 6.07) is 8.70. The van der Waals surface area contributed by atoms with Crippen LogP contribution in [-0.4, -0.2) is 88.5 Å². The zero-order valence-electron chi connectivity index (χ0n) is 27.3. The summed E-state index contributed by atoms with van der Waals surface area (Å²) in [6.45, 7) is 4.58. The maximum Gasteiger partial charge on any atom is 0.326 e. The van der Waals surface area contributed by atoms with Gasteiger partial charge in [-0.05, 0) is 150 Å². The van der Waals surface area contributed by atoms with Gasteiger partial charge in [-0.25, -0.2) is 14.0 Å². The number of amides is 3. The van der Waals surface area contributed by atoms with Crippen LogP contribution in [0.1, 0.15) is 50.1 Å². The van der Waals surface area contributed by atoms with E-state index in [2.05, 4.69) is 54.1 Å². The molecule has 258 valence electrons. The lowest BCUT2D eigenvalue weighted by molar-refractivity contribution is -0.135. The van der Waals surface area contributed by atoms with Crippen LogP contribution < -0.4 is 16.7 Å². The fourth-order valence-corrected chi connectivity index (χ4v) is 8.83. The Morgan fingerprint density at radius 1 is 0.917 bits per heavy atom. The molecule has 1 atom stereocenters. The molecule has 48 heavy (non-hydrogen) atoms. The van der Waals surface area contributed by atoms with Crippen LogP contribution in [0.25, 0.3) is 11.3 Å². The number of nitrogens with zero attached hydrogens (tertiary/aromatic N) is 4. The van der Waals surface area contributed by atoms with Gasteiger partial charge in [-0.1, -0.05) is 0 Å². The average molecular weight is 790 g/mol. The molecule has 0 saturated carbocycles. The molecule has 0 radical (unpaired) electrons. The minimum Gasteiger partial charge on any atom is -0.397 e. The van der Waals surface area contributed by atoms with Gasteiger partial charge in [0, 0.05) is 53.8 Å². The highest BCUT2D eigenvalue weighted by Gasteiger charge is 2.34. The van der Waals surface area contributed by atoms with E-state index in [4.69, 9.17) is 5.73 Å². The monoisotopic (exact) mass is 787 g/mol. The highest BCUT2D eigenvalue weighted by molar-refractivity contribution is 9.11. The van der Waals surface area contributed by atoms with E-state index in [-0.39, 0.29) is 29.5 Å². The molecule has 4 heterocycles. The number of anilines is 1. The molecule has 0 unspecified atom stereocenters. The number of carbonyl (C=O) groups excluding carboxylic acids is 2. The van der Waals surface area contributed by atoms with Gasteiger partial charge in [-0.15, -0.1) is 0 Å². The lowest BCUT2D eigenvalue weighted by atomic mass is 9.79. The summed E-state index contributed by atoms with van der Waals surface area (Å²) < 4.78 is 16.5. The van der Waals surface area contributed by atoms with Crippen LogP contribution in [0.5, 0.6) is 0 Å². The number of piperidine rings is 3. The van der Waals surface area contributed by atoms with Crippen LogP contribution in [0, 0.1) is 17.7 Å². The number of aromatic nitrogens is 2. The van der Waals surface area contributed by atoms with Gasteiger partial charge in [0.2, 0.25) is 5.91 Å². The fraction of sp³-hybridized carbons (Fsp3) is 0.514. The van der Waals surface area contributed by atoms with Gasteiger partial charge in [-0.2, -0.15) is 0 Å². The van der Waals surface area contributed by atoms with Crippen molar-refractivity contribution < 1.29 is 14.0 Å². The van der Waals surface area contributed by atoms with E-state index in [1.165, 1.54) is 25.0 Å². The number of aromatic amines is 1. The number of nitrogen functional groups attached to an aromatic ring is 1. The van der Waals surface area contributed by atoms with E-state index >= 15 is 0 Å². The number of H-pyrrole nitrogens is 1. The van der Waals surface area contributed by atoms with Crippen LogP contribution in [0.3, 0.4) is 0 Å². The predicted octanol–water partition coefficient (Wildman–Crippen LogP) is 5.63. The molecule has 0 spiro atoms. The van der Waals surface area contributed by atoms with E-state index in [0.29, 0.717) is 62.7 Å². The van der Waals surface area contributed by atoms with E-state index < -0.39 is 6.04 Å². The Balaban J connectivity index is 1.10. The van der Waals surface area contributed by atoms with Crippen LogP contribution in [0.15, 0.2) is 56.3 Å². The van der Waals surface area contributed by atoms with Gasteiger partial charge in [0.05, 0.1) is 11.4 Å². The summed E-state index contributed by atoms with van der Waals surface area (Å²) in [6.07, 6.45) is 7.72. The van der Waals surface area contributed by atoms with Gasteiger partial charge in [0.1, 0.15) is 11.9 Å². The predicted molar refractivity (Wildman–Crippen MR) is 192 cm³/mol. The summed E-state index contributed by atoms with van der Waals surface area (Å²) in [4.78, 5) is 49.5. The topological polar surface area (TPSA) is 120 Å². The SMILES string of the molecule is CN1CCC(C2CCN(C(=O)[C@@H](Cc3cc(Br)c(N)c(Br)c3)NC(=O)N3CCC(n4cc(-c5ccc(F)cc5)[nH]c4=O)CC3)CC2)CC1. The van der Waals surface area contributed by atoms with Crippen molar-refractivity contribution in [1.82, 2.24) is 29.6 Å². The second kappa shape index (κ2) is 15.2. The Kier molecular flexibility index (Phi) is 11.0. The Labute approximate surface area is 297 Å². The van der Waals surface area contributed by atoms with Crippen LogP contribution in [0.4, 0.5) is 14.9 Å². The van der Waals surface area contributed by atoms with Gasteiger partial charge in [-0.3, -0.25) is 9.36 Å². The zero-order chi connectivity index (χ0) is 33.9. The molecule has 3 aliphatic heterocycles. The fourth-order valence-electron chi connectivity index (χ4n) is 7.55. The normalized spacial score (nSPS) is 19.4. The Morgan fingerprint density at radius 2 is 1.48 bits per heavy atom. The molecule has 0 bridgehead atoms. The number of carbonyl (C=O) groups is 2. The summed E-state index contributed by atoms with van der Waals surface area (Å²) in [7, 11) is 2.18. The first-order valence-electron chi connectivity index (χ1n) is 16.9. The third-order valence-electron chi connectivity index (χ3n) is 10.5. The van der Waals surface area contributed by atoms with Crippen molar-refractivity contribution in [3.63, 3.8) is 0 Å². The molecule has 6 rings (SSSR count). The molecule has 13 heteroatoms. The lowest BCUT2D eigenvalue weighted by Gasteiger charge is -2.40. The van der Waals surface area contributed by atoms with Crippen LogP contribution in [-0.2, 0) is 11.2 Å². The number of nitrogens with two attached hydrogens (primary N) is 1. The zero-order valence-corrected chi connectivity index (χ0v) is 30.4. The van der Waals surface area contributed by atoms with Crippen molar-refractivity contribution in [2.24, 2.45) is 11.8 Å². The van der Waals surface area contributed by atoms with Gasteiger partial charge < -0.3 is 30.7 Å². The van der Waals surface area contributed by atoms with Gasteiger partial charge in [0.25, 0.3) is 0 Å². The molecule has 3 fully saturated rings. The smallest absolute Gasteiger partial charge is 0.326 e. The maximum absolute atomic E-state index is 14.1. The van der Waals surface area contributed by atoms with E-state index in [9.17, 15) is 18.8 Å². The first-order chi connectivity index (χ1) is 23.0. The van der Waals surface area contributed by atoms with Gasteiger partial charge in [0.15, 0.2) is 0 Å². The second-order valence-electron chi connectivity index (χ2n) is 13.6. The largest absolute Gasteiger partial charge is 0.397 e. The quantitative estimate of drug-likeness (QED) is 0.269. The summed E-state index contributed by atoms with van der Waals surface area (Å²) in [5.41, 5.74) is 8.71. The van der Waals surface area contributed by atoms with Crippen molar-refractivity contribution >= 4 is 49.5 Å². The first kappa shape index (κ1) is 34.7. The third kappa shape index (κ3) is 8.00. The molecule has 10 nitrogen and oxygen atoms in total. The summed E-state index contributed by atoms with van der Waals surface area (Å²) in [5.74, 6) is 0.964. The molecule has 0 aliphatic carbocycles. The van der Waals surface area contributed by atoms with Gasteiger partial charge >= 0.3 is 11.7 Å². The minimum absolute atomic E-state index is 0.0590. The molecule has 3 aliphatic rings. The van der Waals surface area contributed by atoms with E-state index in [1.807, 2.05) is 17.0 Å². The standard InChI is InChI=1S/C35H44Br2FN7O3/c1-42-12-6-23(7-13-42)24-8-14-43(15-9-24)33(46)30(20-22-18-28(36)32(39)29(37)19-22)40-34(47)44-16-10-27(11-17-44)45-21-31(41-35(45)48)25-2-4-26(38)5-3-25/h2-5,18-19,21,23-24,27,30H,6-17,20,39H2,1H3,(H,40,47)(H,41,48)/t30-/m1/s1. The molecule has 3 aromatic rings. The van der Waals surface area contributed by atoms with E-state index in [0.717, 1.165) is 51.9 Å². The summed E-state index contributed by atoms with van der Waals surface area (Å²) in [5, 5.41) is 3.08. The summed E-state index contributed by atoms with van der Waals surface area (Å²) >= 11 is 7.04. The molecule has 3 amide bonds. The minimum atomic E-state index is -0.733. The van der Waals surface area contributed by atoms with Crippen molar-refractivity contribution in [3.05, 3.63) is 73.4 Å². The Bertz CT molecular complexity index is 1630. The average Bonchev–Trinajstić information content (AvgIpc) is 3.48.